The lowest BCUT2D eigenvalue weighted by atomic mass is 9.68. The van der Waals surface area contributed by atoms with Crippen LogP contribution in [0, 0.1) is 0 Å². The minimum atomic E-state index is -1.09. The second kappa shape index (κ2) is 6.25. The Morgan fingerprint density at radius 3 is 2.39 bits per heavy atom. The Balaban J connectivity index is 1.87. The van der Waals surface area contributed by atoms with E-state index in [9.17, 15) is 15.0 Å². The minimum absolute atomic E-state index is 0.123. The molecule has 1 aromatic rings. The van der Waals surface area contributed by atoms with Crippen molar-refractivity contribution in [3.63, 3.8) is 0 Å². The molecule has 2 fully saturated rings. The monoisotopic (exact) mass is 317 g/mol. The number of β-amino-alcohol motifs (C(OH)–C–C–N with tert-alkyl or cyclic N) is 1. The van der Waals surface area contributed by atoms with Crippen molar-refractivity contribution in [3.05, 3.63) is 35.9 Å². The predicted molar refractivity (Wildman–Crippen MR) is 89.0 cm³/mol. The van der Waals surface area contributed by atoms with Crippen LogP contribution < -0.4 is 0 Å². The first-order valence-corrected chi connectivity index (χ1v) is 8.71. The van der Waals surface area contributed by atoms with E-state index in [4.69, 9.17) is 0 Å². The van der Waals surface area contributed by atoms with Crippen molar-refractivity contribution < 1.29 is 15.0 Å². The lowest BCUT2D eigenvalue weighted by molar-refractivity contribution is -0.153. The van der Waals surface area contributed by atoms with Gasteiger partial charge in [0, 0.05) is 13.1 Å². The first-order chi connectivity index (χ1) is 11.0. The van der Waals surface area contributed by atoms with E-state index in [1.54, 1.807) is 11.8 Å². The summed E-state index contributed by atoms with van der Waals surface area (Å²) in [5.74, 6) is 0.123. The highest BCUT2D eigenvalue weighted by molar-refractivity contribution is 5.88. The SMILES string of the molecule is C[C@@]1(O)CCN(C(=O)C2(c3ccccc3)CCCCC2)C[C@@H]1O. The molecule has 1 aliphatic heterocycles. The third kappa shape index (κ3) is 3.02. The summed E-state index contributed by atoms with van der Waals surface area (Å²) in [7, 11) is 0. The maximum Gasteiger partial charge on any atom is 0.233 e. The highest BCUT2D eigenvalue weighted by Gasteiger charge is 2.46. The van der Waals surface area contributed by atoms with Crippen LogP contribution in [-0.4, -0.2) is 45.8 Å². The lowest BCUT2D eigenvalue weighted by Crippen LogP contribution is -2.59. The van der Waals surface area contributed by atoms with E-state index in [0.717, 1.165) is 31.2 Å². The van der Waals surface area contributed by atoms with E-state index >= 15 is 0 Å². The minimum Gasteiger partial charge on any atom is -0.388 e. The van der Waals surface area contributed by atoms with Crippen LogP contribution in [-0.2, 0) is 10.2 Å². The summed E-state index contributed by atoms with van der Waals surface area (Å²) in [4.78, 5) is 15.1. The first-order valence-electron chi connectivity index (χ1n) is 8.71. The van der Waals surface area contributed by atoms with Gasteiger partial charge in [0.2, 0.25) is 5.91 Å². The average molecular weight is 317 g/mol. The molecule has 4 nitrogen and oxygen atoms in total. The van der Waals surface area contributed by atoms with Gasteiger partial charge in [-0.3, -0.25) is 4.79 Å². The third-order valence-electron chi connectivity index (χ3n) is 5.73. The molecule has 1 saturated carbocycles. The molecule has 0 aromatic heterocycles. The molecule has 126 valence electrons. The number of benzene rings is 1. The number of piperidine rings is 1. The molecule has 1 aliphatic carbocycles. The molecule has 1 aromatic carbocycles. The second-order valence-corrected chi connectivity index (χ2v) is 7.38. The number of aliphatic hydroxyl groups excluding tert-OH is 1. The largest absolute Gasteiger partial charge is 0.388 e. The van der Waals surface area contributed by atoms with Crippen molar-refractivity contribution in [1.82, 2.24) is 4.90 Å². The van der Waals surface area contributed by atoms with Gasteiger partial charge in [0.05, 0.1) is 17.1 Å². The zero-order valence-electron chi connectivity index (χ0n) is 13.9. The van der Waals surface area contributed by atoms with Gasteiger partial charge in [0.1, 0.15) is 0 Å². The van der Waals surface area contributed by atoms with Crippen molar-refractivity contribution in [1.29, 1.82) is 0 Å². The summed E-state index contributed by atoms with van der Waals surface area (Å²) < 4.78 is 0. The Bertz CT molecular complexity index is 549. The predicted octanol–water partition coefficient (Wildman–Crippen LogP) is 2.23. The summed E-state index contributed by atoms with van der Waals surface area (Å²) in [5.41, 5.74) is -0.456. The summed E-state index contributed by atoms with van der Waals surface area (Å²) in [6, 6.07) is 10.1. The fraction of sp³-hybridized carbons (Fsp3) is 0.632. The maximum atomic E-state index is 13.4. The normalized spacial score (nSPS) is 30.9. The molecule has 0 spiro atoms. The Labute approximate surface area is 138 Å². The number of amides is 1. The van der Waals surface area contributed by atoms with Crippen LogP contribution in [0.3, 0.4) is 0 Å². The zero-order valence-corrected chi connectivity index (χ0v) is 13.9. The van der Waals surface area contributed by atoms with E-state index in [1.807, 2.05) is 18.2 Å². The Kier molecular flexibility index (Phi) is 4.47. The summed E-state index contributed by atoms with van der Waals surface area (Å²) in [6.45, 7) is 2.38. The van der Waals surface area contributed by atoms with Crippen LogP contribution in [0.5, 0.6) is 0 Å². The molecule has 2 atom stereocenters. The number of aliphatic hydroxyl groups is 2. The molecule has 2 N–H and O–H groups in total. The average Bonchev–Trinajstić information content (AvgIpc) is 2.58. The first kappa shape index (κ1) is 16.5. The van der Waals surface area contributed by atoms with Gasteiger partial charge in [-0.2, -0.15) is 0 Å². The van der Waals surface area contributed by atoms with Gasteiger partial charge in [-0.25, -0.2) is 0 Å². The fourth-order valence-electron chi connectivity index (χ4n) is 4.05. The molecule has 2 aliphatic rings. The molecule has 1 amide bonds. The quantitative estimate of drug-likeness (QED) is 0.879. The molecule has 4 heteroatoms. The number of carbonyl (C=O) groups excluding carboxylic acids is 1. The Hall–Kier alpha value is -1.39. The van der Waals surface area contributed by atoms with Crippen molar-refractivity contribution in [2.75, 3.05) is 13.1 Å². The van der Waals surface area contributed by atoms with Crippen LogP contribution in [0.4, 0.5) is 0 Å². The smallest absolute Gasteiger partial charge is 0.233 e. The number of nitrogens with zero attached hydrogens (tertiary/aromatic N) is 1. The number of carbonyl (C=O) groups is 1. The van der Waals surface area contributed by atoms with Crippen LogP contribution in [0.25, 0.3) is 0 Å². The lowest BCUT2D eigenvalue weighted by Gasteiger charge is -2.45. The van der Waals surface area contributed by atoms with E-state index in [-0.39, 0.29) is 12.5 Å². The van der Waals surface area contributed by atoms with E-state index in [2.05, 4.69) is 12.1 Å². The third-order valence-corrected chi connectivity index (χ3v) is 5.73. The summed E-state index contributed by atoms with van der Waals surface area (Å²) in [5, 5.41) is 20.3. The van der Waals surface area contributed by atoms with Crippen molar-refractivity contribution in [2.45, 2.75) is 62.6 Å². The number of rotatable bonds is 2. The van der Waals surface area contributed by atoms with E-state index < -0.39 is 17.1 Å². The van der Waals surface area contributed by atoms with Gasteiger partial charge >= 0.3 is 0 Å². The molecule has 3 rings (SSSR count). The highest BCUT2D eigenvalue weighted by Crippen LogP contribution is 2.41. The van der Waals surface area contributed by atoms with Crippen LogP contribution in [0.2, 0.25) is 0 Å². The van der Waals surface area contributed by atoms with Gasteiger partial charge in [0.25, 0.3) is 0 Å². The van der Waals surface area contributed by atoms with E-state index in [0.29, 0.717) is 13.0 Å². The molecule has 0 bridgehead atoms. The zero-order chi connectivity index (χ0) is 16.5. The van der Waals surface area contributed by atoms with Crippen molar-refractivity contribution >= 4 is 5.91 Å². The summed E-state index contributed by atoms with van der Waals surface area (Å²) >= 11 is 0. The molecule has 0 unspecified atom stereocenters. The van der Waals surface area contributed by atoms with Gasteiger partial charge in [0.15, 0.2) is 0 Å². The highest BCUT2D eigenvalue weighted by atomic mass is 16.3. The van der Waals surface area contributed by atoms with Crippen LogP contribution >= 0.6 is 0 Å². The number of likely N-dealkylation sites (tertiary alicyclic amines) is 1. The maximum absolute atomic E-state index is 13.4. The van der Waals surface area contributed by atoms with Crippen molar-refractivity contribution in [2.24, 2.45) is 0 Å². The van der Waals surface area contributed by atoms with Gasteiger partial charge < -0.3 is 15.1 Å². The molecule has 0 radical (unpaired) electrons. The Morgan fingerprint density at radius 1 is 1.13 bits per heavy atom. The standard InChI is InChI=1S/C19H27NO3/c1-18(23)12-13-20(14-16(18)21)17(22)19(10-6-3-7-11-19)15-8-4-2-5-9-15/h2,4-5,8-9,16,21,23H,3,6-7,10-14H2,1H3/t16-,18+/m0/s1. The topological polar surface area (TPSA) is 60.8 Å². The van der Waals surface area contributed by atoms with Crippen molar-refractivity contribution in [3.8, 4) is 0 Å². The van der Waals surface area contributed by atoms with Crippen LogP contribution in [0.15, 0.2) is 30.3 Å². The van der Waals surface area contributed by atoms with Gasteiger partial charge in [-0.05, 0) is 31.7 Å². The number of hydrogen-bond donors (Lipinski definition) is 2. The molecular weight excluding hydrogens is 290 g/mol. The molecule has 1 saturated heterocycles. The Morgan fingerprint density at radius 2 is 1.78 bits per heavy atom. The molecule has 23 heavy (non-hydrogen) atoms. The van der Waals surface area contributed by atoms with Crippen LogP contribution in [0.1, 0.15) is 51.0 Å². The molecular formula is C19H27NO3. The van der Waals surface area contributed by atoms with E-state index in [1.165, 1.54) is 6.42 Å². The van der Waals surface area contributed by atoms with Gasteiger partial charge in [-0.1, -0.05) is 49.6 Å². The number of hydrogen-bond acceptors (Lipinski definition) is 3. The fourth-order valence-corrected chi connectivity index (χ4v) is 4.05. The summed E-state index contributed by atoms with van der Waals surface area (Å²) in [6.07, 6.45) is 4.60. The molecule has 1 heterocycles. The van der Waals surface area contributed by atoms with Gasteiger partial charge in [-0.15, -0.1) is 0 Å². The second-order valence-electron chi connectivity index (χ2n) is 7.38.